The average molecular weight is 484 g/mol. The fourth-order valence-corrected chi connectivity index (χ4v) is 5.04. The molecule has 3 aliphatic rings. The zero-order chi connectivity index (χ0) is 24.4. The normalized spacial score (nSPS) is 18.7. The van der Waals surface area contributed by atoms with Crippen LogP contribution in [-0.4, -0.2) is 94.7 Å². The lowest BCUT2D eigenvalue weighted by atomic mass is 10.1. The quantitative estimate of drug-likeness (QED) is 0.476. The van der Waals surface area contributed by atoms with Gasteiger partial charge >= 0.3 is 11.8 Å². The minimum atomic E-state index is -0.520. The highest BCUT2D eigenvalue weighted by Gasteiger charge is 2.33. The van der Waals surface area contributed by atoms with Gasteiger partial charge in [0.05, 0.1) is 18.9 Å². The first-order chi connectivity index (χ1) is 17.0. The van der Waals surface area contributed by atoms with Gasteiger partial charge in [0.2, 0.25) is 0 Å². The van der Waals surface area contributed by atoms with Gasteiger partial charge in [-0.05, 0) is 49.9 Å². The number of benzene rings is 1. The van der Waals surface area contributed by atoms with Crippen molar-refractivity contribution in [1.29, 1.82) is 0 Å². The van der Waals surface area contributed by atoms with Crippen molar-refractivity contribution < 1.29 is 23.5 Å². The van der Waals surface area contributed by atoms with Crippen molar-refractivity contribution in [3.05, 3.63) is 47.0 Å². The van der Waals surface area contributed by atoms with E-state index in [1.54, 1.807) is 21.7 Å². The Balaban J connectivity index is 1.30. The van der Waals surface area contributed by atoms with Gasteiger partial charge in [-0.1, -0.05) is 6.42 Å². The molecule has 0 unspecified atom stereocenters. The molecule has 2 saturated heterocycles. The molecule has 1 aromatic carbocycles. The van der Waals surface area contributed by atoms with E-state index < -0.39 is 11.8 Å². The van der Waals surface area contributed by atoms with Gasteiger partial charge in [-0.25, -0.2) is 9.07 Å². The maximum atomic E-state index is 13.5. The number of aromatic nitrogens is 2. The maximum Gasteiger partial charge on any atom is 0.312 e. The summed E-state index contributed by atoms with van der Waals surface area (Å²) in [5.74, 6) is -1.50. The van der Waals surface area contributed by atoms with E-state index >= 15 is 0 Å². The molecule has 2 aromatic rings. The second-order valence-corrected chi connectivity index (χ2v) is 9.21. The monoisotopic (exact) mass is 483 g/mol. The average Bonchev–Trinajstić information content (AvgIpc) is 3.08. The Morgan fingerprint density at radius 3 is 2.06 bits per heavy atom. The van der Waals surface area contributed by atoms with E-state index in [4.69, 9.17) is 9.84 Å². The van der Waals surface area contributed by atoms with Crippen LogP contribution in [0.1, 0.15) is 41.0 Å². The van der Waals surface area contributed by atoms with E-state index in [9.17, 15) is 18.8 Å². The van der Waals surface area contributed by atoms with Crippen LogP contribution < -0.4 is 0 Å². The van der Waals surface area contributed by atoms with Crippen molar-refractivity contribution in [1.82, 2.24) is 24.5 Å². The third-order valence-corrected chi connectivity index (χ3v) is 7.04. The van der Waals surface area contributed by atoms with Crippen molar-refractivity contribution in [2.24, 2.45) is 0 Å². The number of nitrogens with zero attached hydrogens (tertiary/aromatic N) is 5. The Morgan fingerprint density at radius 1 is 0.771 bits per heavy atom. The summed E-state index contributed by atoms with van der Waals surface area (Å²) in [4.78, 5) is 43.6. The SMILES string of the molecule is O=C(C(=O)N1CCN(C(=O)c2nn(-c3ccc(F)cc3)c3c2CCCCC3)CC1)N1CCOCC1. The standard InChI is InChI=1S/C25H30FN5O4/c26-18-6-8-19(9-7-18)31-21-5-3-1-2-4-20(21)22(27-31)23(32)28-10-12-29(13-11-28)24(33)25(34)30-14-16-35-17-15-30/h6-9H,1-5,10-17H2. The first kappa shape index (κ1) is 23.5. The van der Waals surface area contributed by atoms with Crippen LogP contribution in [-0.2, 0) is 27.2 Å². The van der Waals surface area contributed by atoms with Gasteiger partial charge in [0.1, 0.15) is 5.82 Å². The van der Waals surface area contributed by atoms with Gasteiger partial charge in [-0.3, -0.25) is 14.4 Å². The summed E-state index contributed by atoms with van der Waals surface area (Å²) in [6.45, 7) is 3.03. The summed E-state index contributed by atoms with van der Waals surface area (Å²) < 4.78 is 20.5. The zero-order valence-corrected chi connectivity index (χ0v) is 19.7. The molecular formula is C25H30FN5O4. The number of hydrogen-bond donors (Lipinski definition) is 0. The third kappa shape index (κ3) is 4.80. The molecule has 9 nitrogen and oxygen atoms in total. The Hall–Kier alpha value is -3.27. The van der Waals surface area contributed by atoms with Crippen LogP contribution in [0.5, 0.6) is 0 Å². The fraction of sp³-hybridized carbons (Fsp3) is 0.520. The van der Waals surface area contributed by atoms with E-state index in [1.807, 2.05) is 0 Å². The Labute approximate surface area is 203 Å². The predicted octanol–water partition coefficient (Wildman–Crippen LogP) is 1.42. The minimum absolute atomic E-state index is 0.157. The number of carbonyl (C=O) groups excluding carboxylic acids is 3. The number of piperazine rings is 1. The van der Waals surface area contributed by atoms with Gasteiger partial charge < -0.3 is 19.4 Å². The summed E-state index contributed by atoms with van der Waals surface area (Å²) in [5.41, 5.74) is 3.16. The highest BCUT2D eigenvalue weighted by molar-refractivity contribution is 6.35. The number of rotatable bonds is 2. The maximum absolute atomic E-state index is 13.5. The van der Waals surface area contributed by atoms with Gasteiger partial charge in [-0.15, -0.1) is 0 Å². The first-order valence-electron chi connectivity index (χ1n) is 12.3. The van der Waals surface area contributed by atoms with Crippen LogP contribution in [0.2, 0.25) is 0 Å². The topological polar surface area (TPSA) is 88.0 Å². The van der Waals surface area contributed by atoms with Crippen LogP contribution >= 0.6 is 0 Å². The molecule has 2 aliphatic heterocycles. The number of carbonyl (C=O) groups is 3. The smallest absolute Gasteiger partial charge is 0.312 e. The largest absolute Gasteiger partial charge is 0.378 e. The molecule has 5 rings (SSSR count). The minimum Gasteiger partial charge on any atom is -0.378 e. The second-order valence-electron chi connectivity index (χ2n) is 9.21. The molecule has 1 aliphatic carbocycles. The molecule has 0 atom stereocenters. The number of morpholine rings is 1. The first-order valence-corrected chi connectivity index (χ1v) is 12.3. The molecule has 0 saturated carbocycles. The lowest BCUT2D eigenvalue weighted by Gasteiger charge is -2.35. The van der Waals surface area contributed by atoms with E-state index in [1.165, 1.54) is 21.9 Å². The number of amides is 3. The molecule has 0 N–H and O–H groups in total. The highest BCUT2D eigenvalue weighted by Crippen LogP contribution is 2.27. The Bertz CT molecular complexity index is 1100. The van der Waals surface area contributed by atoms with Crippen LogP contribution in [0.3, 0.4) is 0 Å². The van der Waals surface area contributed by atoms with Gasteiger partial charge in [0.15, 0.2) is 5.69 Å². The molecule has 3 amide bonds. The summed E-state index contributed by atoms with van der Waals surface area (Å²) in [6, 6.07) is 6.15. The van der Waals surface area contributed by atoms with Crippen molar-refractivity contribution in [3.63, 3.8) is 0 Å². The van der Waals surface area contributed by atoms with Gasteiger partial charge in [-0.2, -0.15) is 5.10 Å². The number of halogens is 1. The van der Waals surface area contributed by atoms with E-state index in [0.29, 0.717) is 58.2 Å². The molecule has 186 valence electrons. The van der Waals surface area contributed by atoms with Crippen LogP contribution in [0.4, 0.5) is 4.39 Å². The predicted molar refractivity (Wildman–Crippen MR) is 125 cm³/mol. The van der Waals surface area contributed by atoms with Crippen molar-refractivity contribution >= 4 is 17.7 Å². The summed E-state index contributed by atoms with van der Waals surface area (Å²) in [7, 11) is 0. The van der Waals surface area contributed by atoms with E-state index in [-0.39, 0.29) is 11.7 Å². The molecule has 35 heavy (non-hydrogen) atoms. The molecule has 0 radical (unpaired) electrons. The third-order valence-electron chi connectivity index (χ3n) is 7.04. The lowest BCUT2D eigenvalue weighted by molar-refractivity contribution is -0.154. The van der Waals surface area contributed by atoms with Crippen molar-refractivity contribution in [3.8, 4) is 5.69 Å². The molecule has 0 bridgehead atoms. The lowest BCUT2D eigenvalue weighted by Crippen LogP contribution is -2.55. The number of ether oxygens (including phenoxy) is 1. The van der Waals surface area contributed by atoms with E-state index in [2.05, 4.69) is 0 Å². The highest BCUT2D eigenvalue weighted by atomic mass is 19.1. The zero-order valence-electron chi connectivity index (χ0n) is 19.7. The van der Waals surface area contributed by atoms with Crippen molar-refractivity contribution in [2.75, 3.05) is 52.5 Å². The van der Waals surface area contributed by atoms with E-state index in [0.717, 1.165) is 49.0 Å². The summed E-state index contributed by atoms with van der Waals surface area (Å²) in [5, 5.41) is 4.70. The Morgan fingerprint density at radius 2 is 1.37 bits per heavy atom. The molecule has 3 heterocycles. The number of fused-ring (bicyclic) bond motifs is 1. The molecule has 1 aromatic heterocycles. The summed E-state index contributed by atoms with van der Waals surface area (Å²) >= 11 is 0. The summed E-state index contributed by atoms with van der Waals surface area (Å²) in [6.07, 6.45) is 4.70. The fourth-order valence-electron chi connectivity index (χ4n) is 5.04. The molecular weight excluding hydrogens is 453 g/mol. The second kappa shape index (κ2) is 10.2. The molecule has 10 heteroatoms. The van der Waals surface area contributed by atoms with Crippen LogP contribution in [0.15, 0.2) is 24.3 Å². The number of hydrogen-bond acceptors (Lipinski definition) is 5. The van der Waals surface area contributed by atoms with Crippen LogP contribution in [0, 0.1) is 5.82 Å². The Kier molecular flexibility index (Phi) is 6.81. The molecule has 2 fully saturated rings. The molecule has 0 spiro atoms. The van der Waals surface area contributed by atoms with Crippen LogP contribution in [0.25, 0.3) is 5.69 Å². The van der Waals surface area contributed by atoms with Gasteiger partial charge in [0, 0.05) is 50.5 Å². The van der Waals surface area contributed by atoms with Crippen molar-refractivity contribution in [2.45, 2.75) is 32.1 Å². The van der Waals surface area contributed by atoms with Gasteiger partial charge in [0.25, 0.3) is 5.91 Å².